The molecule has 1 aliphatic rings. The molecule has 0 aliphatic carbocycles. The van der Waals surface area contributed by atoms with Gasteiger partial charge in [0.25, 0.3) is 5.91 Å². The number of piperidine rings is 1. The van der Waals surface area contributed by atoms with Crippen molar-refractivity contribution in [1.82, 2.24) is 9.88 Å². The van der Waals surface area contributed by atoms with Crippen LogP contribution in [-0.2, 0) is 6.54 Å². The van der Waals surface area contributed by atoms with Crippen molar-refractivity contribution in [2.45, 2.75) is 25.8 Å². The fourth-order valence-electron chi connectivity index (χ4n) is 2.93. The van der Waals surface area contributed by atoms with E-state index < -0.39 is 0 Å². The monoisotopic (exact) mass is 325 g/mol. The zero-order valence-electron chi connectivity index (χ0n) is 14.0. The molecular weight excluding hydrogens is 302 g/mol. The lowest BCUT2D eigenvalue weighted by Gasteiger charge is -2.26. The van der Waals surface area contributed by atoms with E-state index >= 15 is 0 Å². The lowest BCUT2D eigenvalue weighted by atomic mass is 10.1. The normalized spacial score (nSPS) is 14.3. The highest BCUT2D eigenvalue weighted by Gasteiger charge is 2.18. The first-order valence-corrected chi connectivity index (χ1v) is 8.39. The van der Waals surface area contributed by atoms with Gasteiger partial charge < -0.3 is 15.0 Å². The molecule has 24 heavy (non-hydrogen) atoms. The van der Waals surface area contributed by atoms with Gasteiger partial charge in [-0.05, 0) is 37.5 Å². The number of pyridine rings is 1. The number of hydrogen-bond acceptors (Lipinski definition) is 4. The Morgan fingerprint density at radius 2 is 1.96 bits per heavy atom. The van der Waals surface area contributed by atoms with Crippen LogP contribution in [0.5, 0.6) is 5.75 Å². The van der Waals surface area contributed by atoms with Crippen LogP contribution in [0.4, 0.5) is 5.69 Å². The molecule has 0 saturated carbocycles. The number of rotatable bonds is 5. The van der Waals surface area contributed by atoms with Gasteiger partial charge in [-0.15, -0.1) is 0 Å². The number of carbonyl (C=O) groups is 1. The summed E-state index contributed by atoms with van der Waals surface area (Å²) in [5.41, 5.74) is 2.48. The van der Waals surface area contributed by atoms with E-state index in [1.165, 1.54) is 6.42 Å². The van der Waals surface area contributed by atoms with E-state index in [9.17, 15) is 4.79 Å². The second kappa shape index (κ2) is 7.81. The number of amides is 1. The van der Waals surface area contributed by atoms with Gasteiger partial charge in [0.1, 0.15) is 11.4 Å². The highest BCUT2D eigenvalue weighted by atomic mass is 16.5. The molecule has 1 N–H and O–H groups in total. The van der Waals surface area contributed by atoms with Crippen molar-refractivity contribution < 1.29 is 9.53 Å². The molecule has 1 saturated heterocycles. The molecule has 1 aromatic heterocycles. The minimum absolute atomic E-state index is 0.0333. The zero-order chi connectivity index (χ0) is 16.8. The molecule has 126 valence electrons. The van der Waals surface area contributed by atoms with E-state index in [-0.39, 0.29) is 5.91 Å². The van der Waals surface area contributed by atoms with Crippen molar-refractivity contribution >= 4 is 11.6 Å². The number of ether oxygens (including phenoxy) is 1. The Bertz CT molecular complexity index is 679. The Balaban J connectivity index is 1.61. The second-order valence-corrected chi connectivity index (χ2v) is 5.95. The fraction of sp³-hybridized carbons (Fsp3) is 0.368. The number of methoxy groups -OCH3 is 1. The molecule has 5 heteroatoms. The summed E-state index contributed by atoms with van der Waals surface area (Å²) in [7, 11) is 1.67. The van der Waals surface area contributed by atoms with Crippen LogP contribution in [0.1, 0.15) is 35.3 Å². The molecular formula is C19H23N3O2. The van der Waals surface area contributed by atoms with Gasteiger partial charge in [-0.1, -0.05) is 18.2 Å². The molecule has 0 unspecified atom stereocenters. The standard InChI is InChI=1S/C19H23N3O2/c1-24-18-8-4-3-7-15(18)13-20-16-9-10-17(21-14-16)19(23)22-11-5-2-6-12-22/h3-4,7-10,14,20H,2,5-6,11-13H2,1H3. The van der Waals surface area contributed by atoms with Crippen LogP contribution in [0, 0.1) is 0 Å². The molecule has 0 bridgehead atoms. The Kier molecular flexibility index (Phi) is 5.31. The predicted octanol–water partition coefficient (Wildman–Crippen LogP) is 3.33. The first-order valence-electron chi connectivity index (χ1n) is 8.39. The van der Waals surface area contributed by atoms with Gasteiger partial charge in [0.05, 0.1) is 19.0 Å². The van der Waals surface area contributed by atoms with Gasteiger partial charge in [-0.3, -0.25) is 4.79 Å². The number of nitrogens with zero attached hydrogens (tertiary/aromatic N) is 2. The fourth-order valence-corrected chi connectivity index (χ4v) is 2.93. The average Bonchev–Trinajstić information content (AvgIpc) is 2.67. The van der Waals surface area contributed by atoms with Crippen LogP contribution in [0.2, 0.25) is 0 Å². The maximum Gasteiger partial charge on any atom is 0.272 e. The van der Waals surface area contributed by atoms with E-state index in [0.29, 0.717) is 12.2 Å². The third-order valence-electron chi connectivity index (χ3n) is 4.30. The van der Waals surface area contributed by atoms with Crippen molar-refractivity contribution in [1.29, 1.82) is 0 Å². The van der Waals surface area contributed by atoms with E-state index in [0.717, 1.165) is 42.9 Å². The third kappa shape index (κ3) is 3.85. The molecule has 0 atom stereocenters. The van der Waals surface area contributed by atoms with Crippen molar-refractivity contribution in [3.05, 3.63) is 53.9 Å². The summed E-state index contributed by atoms with van der Waals surface area (Å²) >= 11 is 0. The highest BCUT2D eigenvalue weighted by Crippen LogP contribution is 2.19. The number of likely N-dealkylation sites (tertiary alicyclic amines) is 1. The number of nitrogens with one attached hydrogen (secondary N) is 1. The van der Waals surface area contributed by atoms with Crippen LogP contribution in [0.15, 0.2) is 42.6 Å². The maximum atomic E-state index is 12.4. The second-order valence-electron chi connectivity index (χ2n) is 5.95. The van der Waals surface area contributed by atoms with Gasteiger partial charge in [-0.25, -0.2) is 4.98 Å². The molecule has 2 heterocycles. The van der Waals surface area contributed by atoms with Gasteiger partial charge in [0, 0.05) is 25.2 Å². The summed E-state index contributed by atoms with van der Waals surface area (Å²) in [6, 6.07) is 11.6. The van der Waals surface area contributed by atoms with Crippen molar-refractivity contribution in [3.8, 4) is 5.75 Å². The summed E-state index contributed by atoms with van der Waals surface area (Å²) in [5.74, 6) is 0.890. The molecule has 0 spiro atoms. The average molecular weight is 325 g/mol. The van der Waals surface area contributed by atoms with Gasteiger partial charge >= 0.3 is 0 Å². The summed E-state index contributed by atoms with van der Waals surface area (Å²) < 4.78 is 5.35. The van der Waals surface area contributed by atoms with Crippen LogP contribution in [0.3, 0.4) is 0 Å². The molecule has 2 aromatic rings. The SMILES string of the molecule is COc1ccccc1CNc1ccc(C(=O)N2CCCCC2)nc1. The lowest BCUT2D eigenvalue weighted by Crippen LogP contribution is -2.36. The molecule has 1 aliphatic heterocycles. The number of anilines is 1. The Morgan fingerprint density at radius 1 is 1.17 bits per heavy atom. The number of carbonyl (C=O) groups excluding carboxylic acids is 1. The molecule has 1 aromatic carbocycles. The van der Waals surface area contributed by atoms with E-state index in [1.807, 2.05) is 35.2 Å². The number of hydrogen-bond donors (Lipinski definition) is 1. The Morgan fingerprint density at radius 3 is 2.67 bits per heavy atom. The topological polar surface area (TPSA) is 54.5 Å². The summed E-state index contributed by atoms with van der Waals surface area (Å²) in [6.45, 7) is 2.33. The summed E-state index contributed by atoms with van der Waals surface area (Å²) in [6.07, 6.45) is 5.10. The minimum Gasteiger partial charge on any atom is -0.496 e. The Hall–Kier alpha value is -2.56. The molecule has 3 rings (SSSR count). The minimum atomic E-state index is 0.0333. The lowest BCUT2D eigenvalue weighted by molar-refractivity contribution is 0.0718. The van der Waals surface area contributed by atoms with Crippen molar-refractivity contribution in [3.63, 3.8) is 0 Å². The molecule has 0 radical (unpaired) electrons. The first kappa shape index (κ1) is 16.3. The van der Waals surface area contributed by atoms with Gasteiger partial charge in [-0.2, -0.15) is 0 Å². The molecule has 1 fully saturated rings. The van der Waals surface area contributed by atoms with E-state index in [4.69, 9.17) is 4.74 Å². The number of benzene rings is 1. The van der Waals surface area contributed by atoms with Crippen molar-refractivity contribution in [2.24, 2.45) is 0 Å². The Labute approximate surface area is 142 Å². The van der Waals surface area contributed by atoms with E-state index in [1.54, 1.807) is 19.4 Å². The first-order chi connectivity index (χ1) is 11.8. The van der Waals surface area contributed by atoms with Crippen LogP contribution in [-0.4, -0.2) is 36.0 Å². The van der Waals surface area contributed by atoms with Crippen LogP contribution < -0.4 is 10.1 Å². The number of aromatic nitrogens is 1. The van der Waals surface area contributed by atoms with Gasteiger partial charge in [0.15, 0.2) is 0 Å². The molecule has 1 amide bonds. The predicted molar refractivity (Wildman–Crippen MR) is 94.3 cm³/mol. The quantitative estimate of drug-likeness (QED) is 0.916. The highest BCUT2D eigenvalue weighted by molar-refractivity contribution is 5.92. The third-order valence-corrected chi connectivity index (χ3v) is 4.30. The van der Waals surface area contributed by atoms with Crippen LogP contribution in [0.25, 0.3) is 0 Å². The zero-order valence-corrected chi connectivity index (χ0v) is 14.0. The van der Waals surface area contributed by atoms with E-state index in [2.05, 4.69) is 10.3 Å². The smallest absolute Gasteiger partial charge is 0.272 e. The van der Waals surface area contributed by atoms with Gasteiger partial charge in [0.2, 0.25) is 0 Å². The molecule has 5 nitrogen and oxygen atoms in total. The summed E-state index contributed by atoms with van der Waals surface area (Å²) in [5, 5.41) is 3.31. The largest absolute Gasteiger partial charge is 0.496 e. The number of para-hydroxylation sites is 1. The van der Waals surface area contributed by atoms with Crippen molar-refractivity contribution in [2.75, 3.05) is 25.5 Å². The summed E-state index contributed by atoms with van der Waals surface area (Å²) in [4.78, 5) is 18.6. The maximum absolute atomic E-state index is 12.4. The van der Waals surface area contributed by atoms with Crippen LogP contribution >= 0.6 is 0 Å².